The van der Waals surface area contributed by atoms with Crippen molar-refractivity contribution in [3.05, 3.63) is 46.8 Å². The molecule has 0 radical (unpaired) electrons. The van der Waals surface area contributed by atoms with E-state index in [4.69, 9.17) is 10.00 Å². The Bertz CT molecular complexity index is 951. The average Bonchev–Trinajstić information content (AvgIpc) is 2.80. The number of hydrogen-bond donors (Lipinski definition) is 1. The fourth-order valence-electron chi connectivity index (χ4n) is 2.51. The van der Waals surface area contributed by atoms with E-state index in [0.717, 1.165) is 0 Å². The first-order valence-electron chi connectivity index (χ1n) is 7.59. The van der Waals surface area contributed by atoms with E-state index in [2.05, 4.69) is 4.72 Å². The molecule has 8 heteroatoms. The second-order valence-corrected chi connectivity index (χ2v) is 7.07. The fourth-order valence-corrected chi connectivity index (χ4v) is 4.08. The monoisotopic (exact) mass is 361 g/mol. The van der Waals surface area contributed by atoms with Gasteiger partial charge in [0.2, 0.25) is 0 Å². The lowest BCUT2D eigenvalue weighted by atomic mass is 10.2. The molecular weight excluding hydrogens is 342 g/mol. The molecule has 1 N–H and O–H groups in total. The predicted molar refractivity (Wildman–Crippen MR) is 92.8 cm³/mol. The van der Waals surface area contributed by atoms with Gasteiger partial charge in [-0.25, -0.2) is 13.2 Å². The van der Waals surface area contributed by atoms with Gasteiger partial charge in [0.1, 0.15) is 10.5 Å². The highest BCUT2D eigenvalue weighted by molar-refractivity contribution is 7.92. The molecule has 2 aromatic rings. The molecule has 1 aromatic heterocycles. The first-order chi connectivity index (χ1) is 11.7. The average molecular weight is 361 g/mol. The lowest BCUT2D eigenvalue weighted by Crippen LogP contribution is -2.18. The zero-order chi connectivity index (χ0) is 18.8. The smallest absolute Gasteiger partial charge is 0.341 e. The molecule has 0 fully saturated rings. The van der Waals surface area contributed by atoms with Crippen LogP contribution in [0.5, 0.6) is 0 Å². The molecule has 0 spiro atoms. The van der Waals surface area contributed by atoms with E-state index in [1.165, 1.54) is 24.3 Å². The van der Waals surface area contributed by atoms with Gasteiger partial charge in [0.15, 0.2) is 0 Å². The molecule has 0 saturated carbocycles. The van der Waals surface area contributed by atoms with Gasteiger partial charge in [-0.05, 0) is 45.0 Å². The van der Waals surface area contributed by atoms with Crippen molar-refractivity contribution in [1.29, 1.82) is 5.26 Å². The molecule has 0 aliphatic carbocycles. The van der Waals surface area contributed by atoms with Gasteiger partial charge in [-0.15, -0.1) is 0 Å². The molecule has 0 aliphatic rings. The summed E-state index contributed by atoms with van der Waals surface area (Å²) in [5.41, 5.74) is 1.69. The fraction of sp³-hybridized carbons (Fsp3) is 0.294. The van der Waals surface area contributed by atoms with Crippen molar-refractivity contribution in [2.24, 2.45) is 7.05 Å². The van der Waals surface area contributed by atoms with Crippen molar-refractivity contribution in [3.8, 4) is 6.07 Å². The van der Waals surface area contributed by atoms with Gasteiger partial charge in [-0.3, -0.25) is 4.72 Å². The van der Waals surface area contributed by atoms with Gasteiger partial charge in [0.25, 0.3) is 10.0 Å². The van der Waals surface area contributed by atoms with Crippen LogP contribution in [0.1, 0.15) is 34.2 Å². The van der Waals surface area contributed by atoms with E-state index >= 15 is 0 Å². The molecule has 0 aliphatic heterocycles. The Morgan fingerprint density at radius 1 is 1.24 bits per heavy atom. The van der Waals surface area contributed by atoms with Crippen molar-refractivity contribution in [1.82, 2.24) is 4.57 Å². The molecule has 25 heavy (non-hydrogen) atoms. The second kappa shape index (κ2) is 6.99. The number of carbonyl (C=O) groups is 1. The lowest BCUT2D eigenvalue weighted by molar-refractivity contribution is 0.0521. The lowest BCUT2D eigenvalue weighted by Gasteiger charge is -2.10. The maximum atomic E-state index is 12.9. The Labute approximate surface area is 146 Å². The molecule has 2 rings (SSSR count). The van der Waals surface area contributed by atoms with E-state index in [1.807, 2.05) is 6.07 Å². The minimum absolute atomic E-state index is 0.0306. The van der Waals surface area contributed by atoms with Crippen LogP contribution in [0.2, 0.25) is 0 Å². The Morgan fingerprint density at radius 2 is 1.84 bits per heavy atom. The molecule has 0 amide bonds. The molecule has 1 aromatic carbocycles. The van der Waals surface area contributed by atoms with E-state index in [0.29, 0.717) is 22.6 Å². The zero-order valence-corrected chi connectivity index (χ0v) is 15.3. The van der Waals surface area contributed by atoms with Crippen molar-refractivity contribution in [3.63, 3.8) is 0 Å². The Hall–Kier alpha value is -2.79. The van der Waals surface area contributed by atoms with Crippen LogP contribution in [0, 0.1) is 25.2 Å². The number of aromatic nitrogens is 1. The molecule has 0 unspecified atom stereocenters. The van der Waals surface area contributed by atoms with E-state index in [9.17, 15) is 13.2 Å². The first kappa shape index (κ1) is 18.5. The summed E-state index contributed by atoms with van der Waals surface area (Å²) >= 11 is 0. The van der Waals surface area contributed by atoms with E-state index in [1.54, 1.807) is 32.4 Å². The van der Waals surface area contributed by atoms with Gasteiger partial charge >= 0.3 is 5.97 Å². The largest absolute Gasteiger partial charge is 0.462 e. The van der Waals surface area contributed by atoms with Crippen LogP contribution < -0.4 is 4.72 Å². The zero-order valence-electron chi connectivity index (χ0n) is 14.5. The van der Waals surface area contributed by atoms with Crippen LogP contribution in [0.4, 0.5) is 5.69 Å². The molecule has 0 bridgehead atoms. The topological polar surface area (TPSA) is 101 Å². The number of hydrogen-bond acceptors (Lipinski definition) is 5. The van der Waals surface area contributed by atoms with Gasteiger partial charge in [0, 0.05) is 24.1 Å². The maximum Gasteiger partial charge on any atom is 0.341 e. The number of nitriles is 1. The Balaban J connectivity index is 2.53. The quantitative estimate of drug-likeness (QED) is 0.825. The van der Waals surface area contributed by atoms with Crippen LogP contribution in [-0.4, -0.2) is 25.6 Å². The Morgan fingerprint density at radius 3 is 2.36 bits per heavy atom. The summed E-state index contributed by atoms with van der Waals surface area (Å²) < 4.78 is 34.8. The summed E-state index contributed by atoms with van der Waals surface area (Å²) in [6.45, 7) is 5.10. The summed E-state index contributed by atoms with van der Waals surface area (Å²) in [5.74, 6) is -0.677. The minimum atomic E-state index is -4.01. The van der Waals surface area contributed by atoms with Gasteiger partial charge < -0.3 is 9.30 Å². The van der Waals surface area contributed by atoms with Crippen molar-refractivity contribution in [2.75, 3.05) is 11.3 Å². The summed E-state index contributed by atoms with van der Waals surface area (Å²) in [5, 5.41) is 8.81. The molecule has 0 saturated heterocycles. The summed E-state index contributed by atoms with van der Waals surface area (Å²) in [7, 11) is -2.33. The summed E-state index contributed by atoms with van der Waals surface area (Å²) in [6, 6.07) is 7.96. The minimum Gasteiger partial charge on any atom is -0.462 e. The van der Waals surface area contributed by atoms with Crippen LogP contribution >= 0.6 is 0 Å². The second-order valence-electron chi connectivity index (χ2n) is 5.45. The van der Waals surface area contributed by atoms with Gasteiger partial charge in [-0.2, -0.15) is 5.26 Å². The number of rotatable bonds is 5. The third-order valence-electron chi connectivity index (χ3n) is 3.94. The van der Waals surface area contributed by atoms with Crippen LogP contribution in [0.15, 0.2) is 29.2 Å². The summed E-state index contributed by atoms with van der Waals surface area (Å²) in [6.07, 6.45) is 0. The number of carbonyl (C=O) groups excluding carboxylic acids is 1. The number of benzene rings is 1. The molecule has 0 atom stereocenters. The number of ether oxygens (including phenoxy) is 1. The third kappa shape index (κ3) is 3.51. The third-order valence-corrected chi connectivity index (χ3v) is 5.48. The maximum absolute atomic E-state index is 12.9. The van der Waals surface area contributed by atoms with E-state index in [-0.39, 0.29) is 17.1 Å². The highest BCUT2D eigenvalue weighted by atomic mass is 32.2. The summed E-state index contributed by atoms with van der Waals surface area (Å²) in [4.78, 5) is 12.2. The van der Waals surface area contributed by atoms with Crippen molar-refractivity contribution in [2.45, 2.75) is 25.7 Å². The van der Waals surface area contributed by atoms with Crippen LogP contribution in [0.3, 0.4) is 0 Å². The first-order valence-corrected chi connectivity index (χ1v) is 9.07. The predicted octanol–water partition coefficient (Wildman–Crippen LogP) is 2.49. The normalized spacial score (nSPS) is 11.0. The number of nitrogens with one attached hydrogen (secondary N) is 1. The van der Waals surface area contributed by atoms with Crippen LogP contribution in [0.25, 0.3) is 0 Å². The molecule has 132 valence electrons. The van der Waals surface area contributed by atoms with Crippen LogP contribution in [-0.2, 0) is 21.8 Å². The van der Waals surface area contributed by atoms with Gasteiger partial charge in [-0.1, -0.05) is 0 Å². The molecule has 1 heterocycles. The van der Waals surface area contributed by atoms with Gasteiger partial charge in [0.05, 0.1) is 18.2 Å². The highest BCUT2D eigenvalue weighted by Gasteiger charge is 2.31. The van der Waals surface area contributed by atoms with Crippen molar-refractivity contribution < 1.29 is 17.9 Å². The molecule has 7 nitrogen and oxygen atoms in total. The number of esters is 1. The number of nitrogens with zero attached hydrogens (tertiary/aromatic N) is 2. The van der Waals surface area contributed by atoms with E-state index < -0.39 is 16.0 Å². The Kier molecular flexibility index (Phi) is 5.18. The highest BCUT2D eigenvalue weighted by Crippen LogP contribution is 2.28. The molecular formula is C17H19N3O4S. The van der Waals surface area contributed by atoms with Crippen molar-refractivity contribution >= 4 is 21.7 Å². The number of anilines is 1. The number of sulfonamides is 1. The SMILES string of the molecule is CCOC(=O)c1c(S(=O)(=O)Nc2ccc(C#N)cc2)c(C)n(C)c1C. The standard InChI is InChI=1S/C17H19N3O4S/c1-5-24-17(21)15-11(2)20(4)12(3)16(15)25(22,23)19-14-8-6-13(10-18)7-9-14/h6-9,19H,5H2,1-4H3.